The summed E-state index contributed by atoms with van der Waals surface area (Å²) in [6.07, 6.45) is -8.91. The molecule has 9 rings (SSSR count). The number of nitrogens with zero attached hydrogens (tertiary/aromatic N) is 8. The Balaban J connectivity index is 0.000000239. The first-order valence-electron chi connectivity index (χ1n) is 27.5. The number of rotatable bonds is 10. The third kappa shape index (κ3) is 21.2. The van der Waals surface area contributed by atoms with Gasteiger partial charge in [-0.05, 0) is 104 Å². The molecule has 0 saturated carbocycles. The normalized spacial score (nSPS) is 14.0. The van der Waals surface area contributed by atoms with Crippen molar-refractivity contribution in [1.82, 2.24) is 40.0 Å². The van der Waals surface area contributed by atoms with E-state index < -0.39 is 77.3 Å². The number of hydrogen-bond donors (Lipinski definition) is 4. The maximum absolute atomic E-state index is 14.1. The van der Waals surface area contributed by atoms with Gasteiger partial charge in [0.05, 0.1) is 12.1 Å². The average molecular weight is 1360 g/mol. The summed E-state index contributed by atoms with van der Waals surface area (Å²) in [6, 6.07) is 28.5. The van der Waals surface area contributed by atoms with Crippen molar-refractivity contribution in [2.24, 2.45) is 9.98 Å². The Hall–Kier alpha value is -9.12. The number of piperidine rings is 2. The molecule has 4 amide bonds. The summed E-state index contributed by atoms with van der Waals surface area (Å²) >= 11 is 23.9. The van der Waals surface area contributed by atoms with E-state index in [9.17, 15) is 63.9 Å². The highest BCUT2D eigenvalue weighted by atomic mass is 35.5. The molecule has 4 heterocycles. The van der Waals surface area contributed by atoms with Crippen LogP contribution in [0.25, 0.3) is 0 Å². The fourth-order valence-corrected chi connectivity index (χ4v) is 9.85. The molecule has 4 N–H and O–H groups in total. The number of ether oxygens (including phenoxy) is 2. The minimum absolute atomic E-state index is 0.0291. The second kappa shape index (κ2) is 31.8. The van der Waals surface area contributed by atoms with Gasteiger partial charge >= 0.3 is 30.4 Å². The molecular formula is C60H54Cl4F8N12O8. The lowest BCUT2D eigenvalue weighted by molar-refractivity contribution is -0.156. The summed E-state index contributed by atoms with van der Waals surface area (Å²) < 4.78 is 122. The lowest BCUT2D eigenvalue weighted by Crippen LogP contribution is -2.39. The highest BCUT2D eigenvalue weighted by Gasteiger charge is 2.38. The Morgan fingerprint density at radius 1 is 0.533 bits per heavy atom. The van der Waals surface area contributed by atoms with E-state index in [-0.39, 0.29) is 105 Å². The molecule has 5 aromatic carbocycles. The van der Waals surface area contributed by atoms with E-state index in [4.69, 9.17) is 51.1 Å². The van der Waals surface area contributed by atoms with Crippen molar-refractivity contribution < 1.29 is 73.4 Å². The Bertz CT molecular complexity index is 3820. The molecule has 2 aliphatic heterocycles. The van der Waals surface area contributed by atoms with Crippen molar-refractivity contribution in [3.05, 3.63) is 187 Å². The van der Waals surface area contributed by atoms with E-state index in [1.165, 1.54) is 62.1 Å². The zero-order valence-corrected chi connectivity index (χ0v) is 51.5. The van der Waals surface area contributed by atoms with Crippen molar-refractivity contribution in [2.75, 3.05) is 36.8 Å². The van der Waals surface area contributed by atoms with Crippen LogP contribution in [0.15, 0.2) is 137 Å². The van der Waals surface area contributed by atoms with Crippen LogP contribution >= 0.6 is 46.4 Å². The molecule has 0 radical (unpaired) electrons. The van der Waals surface area contributed by atoms with E-state index in [1.54, 1.807) is 29.2 Å². The molecule has 0 unspecified atom stereocenters. The fourth-order valence-electron chi connectivity index (χ4n) is 9.03. The molecule has 486 valence electrons. The summed E-state index contributed by atoms with van der Waals surface area (Å²) in [4.78, 5) is 81.6. The molecule has 2 aliphatic rings. The minimum Gasteiger partial charge on any atom is -0.445 e. The first kappa shape index (κ1) is 70.3. The number of anilines is 2. The van der Waals surface area contributed by atoms with Crippen LogP contribution in [0.3, 0.4) is 0 Å². The van der Waals surface area contributed by atoms with Gasteiger partial charge in [0.1, 0.15) is 18.2 Å². The summed E-state index contributed by atoms with van der Waals surface area (Å²) in [5.41, 5.74) is -1.13. The third-order valence-electron chi connectivity index (χ3n) is 13.2. The average Bonchev–Trinajstić information content (AvgIpc) is 1.65. The molecule has 0 aliphatic carbocycles. The number of esters is 2. The molecule has 7 aromatic rings. The van der Waals surface area contributed by atoms with Crippen LogP contribution < -0.4 is 21.3 Å². The van der Waals surface area contributed by atoms with Gasteiger partial charge in [-0.3, -0.25) is 34.6 Å². The van der Waals surface area contributed by atoms with Crippen molar-refractivity contribution in [2.45, 2.75) is 77.5 Å². The topological polar surface area (TPSA) is 236 Å². The molecule has 0 atom stereocenters. The zero-order valence-electron chi connectivity index (χ0n) is 48.5. The quantitative estimate of drug-likeness (QED) is 0.0329. The first-order valence-corrected chi connectivity index (χ1v) is 29.0. The number of halogens is 12. The maximum Gasteiger partial charge on any atom is 0.435 e. The second-order valence-electron chi connectivity index (χ2n) is 20.2. The molecule has 0 spiro atoms. The van der Waals surface area contributed by atoms with Crippen LogP contribution in [0.5, 0.6) is 0 Å². The predicted octanol–water partition coefficient (Wildman–Crippen LogP) is 14.0. The lowest BCUT2D eigenvalue weighted by Gasteiger charge is -2.31. The van der Waals surface area contributed by atoms with Gasteiger partial charge in [-0.25, -0.2) is 22.9 Å². The SMILES string of the molecule is CC(=O)N1CCC(n2nc(C(F)(F)F)cc2N=C(NC(=O)c2cccc(Cl)c2)Nc2cc(F)cc(Cl)c2)CC1.CC(=O)OC(C)=O.O=C(NC(=Nc1cc(C(F)(F)F)nn1C1CCN(C(=O)OCc2ccccc2)CC1)Nc1cc(F)cc(Cl)c1)c1cccc(Cl)c1. The van der Waals surface area contributed by atoms with Crippen molar-refractivity contribution in [3.63, 3.8) is 0 Å². The summed E-state index contributed by atoms with van der Waals surface area (Å²) in [5.74, 6) is -5.10. The Morgan fingerprint density at radius 3 is 1.30 bits per heavy atom. The third-order valence-corrected chi connectivity index (χ3v) is 14.1. The summed E-state index contributed by atoms with van der Waals surface area (Å²) in [5, 5.41) is 18.6. The number of carbonyl (C=O) groups is 6. The monoisotopic (exact) mass is 1360 g/mol. The zero-order chi connectivity index (χ0) is 67.0. The van der Waals surface area contributed by atoms with Crippen LogP contribution in [0.4, 0.5) is 62.9 Å². The molecule has 2 fully saturated rings. The number of amides is 4. The van der Waals surface area contributed by atoms with E-state index in [0.29, 0.717) is 25.9 Å². The van der Waals surface area contributed by atoms with Gasteiger partial charge in [-0.1, -0.05) is 88.9 Å². The minimum atomic E-state index is -4.80. The van der Waals surface area contributed by atoms with E-state index in [1.807, 2.05) is 30.3 Å². The maximum atomic E-state index is 14.1. The molecule has 92 heavy (non-hydrogen) atoms. The van der Waals surface area contributed by atoms with Crippen LogP contribution in [0.2, 0.25) is 20.1 Å². The molecule has 0 bridgehead atoms. The summed E-state index contributed by atoms with van der Waals surface area (Å²) in [7, 11) is 0. The molecular weight excluding hydrogens is 1310 g/mol. The predicted molar refractivity (Wildman–Crippen MR) is 326 cm³/mol. The fraction of sp³-hybridized carbons (Fsp3) is 0.267. The molecule has 20 nitrogen and oxygen atoms in total. The van der Waals surface area contributed by atoms with Gasteiger partial charge in [-0.15, -0.1) is 0 Å². The number of aromatic nitrogens is 4. The Labute approximate surface area is 539 Å². The molecule has 32 heteroatoms. The van der Waals surface area contributed by atoms with Gasteiger partial charge < -0.3 is 29.9 Å². The highest BCUT2D eigenvalue weighted by molar-refractivity contribution is 6.32. The number of carbonyl (C=O) groups excluding carboxylic acids is 6. The largest absolute Gasteiger partial charge is 0.445 e. The number of nitrogens with one attached hydrogen (secondary N) is 4. The summed E-state index contributed by atoms with van der Waals surface area (Å²) in [6.45, 7) is 4.93. The van der Waals surface area contributed by atoms with Gasteiger partial charge in [0, 0.05) is 102 Å². The first-order chi connectivity index (χ1) is 43.4. The van der Waals surface area contributed by atoms with Crippen molar-refractivity contribution in [1.29, 1.82) is 0 Å². The van der Waals surface area contributed by atoms with E-state index in [2.05, 4.69) is 46.2 Å². The number of likely N-dealkylation sites (tertiary alicyclic amines) is 2. The molecule has 2 saturated heterocycles. The van der Waals surface area contributed by atoms with Crippen LogP contribution in [-0.4, -0.2) is 103 Å². The van der Waals surface area contributed by atoms with Crippen LogP contribution in [0.1, 0.15) is 96.2 Å². The van der Waals surface area contributed by atoms with E-state index in [0.717, 1.165) is 51.3 Å². The number of guanidine groups is 2. The number of alkyl halides is 6. The van der Waals surface area contributed by atoms with E-state index >= 15 is 0 Å². The molecule has 2 aromatic heterocycles. The van der Waals surface area contributed by atoms with Crippen LogP contribution in [0, 0.1) is 11.6 Å². The highest BCUT2D eigenvalue weighted by Crippen LogP contribution is 2.37. The smallest absolute Gasteiger partial charge is 0.435 e. The number of hydrogen-bond acceptors (Lipinski definition) is 12. The van der Waals surface area contributed by atoms with Crippen molar-refractivity contribution >= 4 is 117 Å². The standard InChI is InChI=1S/C31H26Cl2F4N6O3.C25H22Cl2F4N6O2.C4H6O3/c32-21-8-4-7-20(13-21)28(44)40-29(38-24-15-22(33)14-23(34)16-24)39-27-17-26(31(35,36)37)41-43(27)25-9-11-42(12-10-25)30(45)46-18-19-5-2-1-3-6-19;1-14(38)36-7-5-20(6-8-36)37-22(13-21(35-37)25(29,30)31)33-24(32-19-11-17(27)10-18(28)12-19)34-23(39)15-3-2-4-16(26)9-15;1-3(5)7-4(2)6/h1-8,13-17,25H,9-12,18H2,(H2,38,39,40,44);2-4,9-13,20H,5-8H2,1H3,(H2,32,33,34,39);1-2H3. The Kier molecular flexibility index (Phi) is 24.3. The Morgan fingerprint density at radius 2 is 0.946 bits per heavy atom. The van der Waals surface area contributed by atoms with Crippen LogP contribution in [-0.2, 0) is 42.8 Å². The number of benzene rings is 5. The van der Waals surface area contributed by atoms with Gasteiger partial charge in [-0.2, -0.15) is 46.5 Å². The van der Waals surface area contributed by atoms with Gasteiger partial charge in [0.2, 0.25) is 17.8 Å². The van der Waals surface area contributed by atoms with Gasteiger partial charge in [0.15, 0.2) is 23.0 Å². The lowest BCUT2D eigenvalue weighted by atomic mass is 10.1. The van der Waals surface area contributed by atoms with Crippen molar-refractivity contribution in [3.8, 4) is 0 Å². The van der Waals surface area contributed by atoms with Gasteiger partial charge in [0.25, 0.3) is 11.8 Å². The number of aliphatic imine (C=N–C) groups is 2. The second-order valence-corrected chi connectivity index (χ2v) is 21.9.